The van der Waals surface area contributed by atoms with Gasteiger partial charge in [-0.2, -0.15) is 10.2 Å². The summed E-state index contributed by atoms with van der Waals surface area (Å²) in [5.74, 6) is 1.45. The lowest BCUT2D eigenvalue weighted by atomic mass is 10.0. The van der Waals surface area contributed by atoms with Crippen LogP contribution in [0.1, 0.15) is 25.5 Å². The summed E-state index contributed by atoms with van der Waals surface area (Å²) in [6.45, 7) is 1.81. The largest absolute Gasteiger partial charge is 0.491 e. The number of fused-ring (bicyclic) bond motifs is 1. The number of hydrogen-bond donors (Lipinski definition) is 1. The van der Waals surface area contributed by atoms with E-state index in [0.717, 1.165) is 59.3 Å². The zero-order valence-corrected chi connectivity index (χ0v) is 17.5. The maximum atomic E-state index is 6.05. The number of aromatic nitrogens is 5. The summed E-state index contributed by atoms with van der Waals surface area (Å²) in [5, 5.41) is 13.0. The first-order valence-corrected chi connectivity index (χ1v) is 10.6. The van der Waals surface area contributed by atoms with Gasteiger partial charge in [0.25, 0.3) is 0 Å². The van der Waals surface area contributed by atoms with Gasteiger partial charge in [0.2, 0.25) is 0 Å². The molecule has 4 aromatic rings. The molecule has 0 amide bonds. The van der Waals surface area contributed by atoms with Crippen LogP contribution in [0.2, 0.25) is 0 Å². The minimum absolute atomic E-state index is 0.0551. The fourth-order valence-electron chi connectivity index (χ4n) is 3.95. The highest BCUT2D eigenvalue weighted by molar-refractivity contribution is 5.96. The van der Waals surface area contributed by atoms with Crippen LogP contribution in [0.3, 0.4) is 0 Å². The van der Waals surface area contributed by atoms with Crippen LogP contribution < -0.4 is 4.74 Å². The SMILES string of the molecule is COCCOc1cccc(-c2nn(C3CCCCO3)c3ccc(-c4nc[nH]n4)cc23)c1. The predicted molar refractivity (Wildman–Crippen MR) is 117 cm³/mol. The van der Waals surface area contributed by atoms with E-state index in [1.165, 1.54) is 0 Å². The van der Waals surface area contributed by atoms with Crippen molar-refractivity contribution in [1.29, 1.82) is 0 Å². The maximum Gasteiger partial charge on any atom is 0.180 e. The Kier molecular flexibility index (Phi) is 5.64. The molecule has 1 N–H and O–H groups in total. The van der Waals surface area contributed by atoms with E-state index >= 15 is 0 Å². The molecule has 5 rings (SSSR count). The van der Waals surface area contributed by atoms with Crippen LogP contribution in [0.25, 0.3) is 33.5 Å². The van der Waals surface area contributed by atoms with Crippen LogP contribution in [0.5, 0.6) is 5.75 Å². The Labute approximate surface area is 180 Å². The van der Waals surface area contributed by atoms with E-state index in [0.29, 0.717) is 19.0 Å². The van der Waals surface area contributed by atoms with E-state index in [1.807, 2.05) is 28.9 Å². The van der Waals surface area contributed by atoms with Gasteiger partial charge in [-0.25, -0.2) is 9.67 Å². The van der Waals surface area contributed by atoms with Gasteiger partial charge in [-0.1, -0.05) is 12.1 Å². The van der Waals surface area contributed by atoms with Crippen LogP contribution >= 0.6 is 0 Å². The van der Waals surface area contributed by atoms with E-state index in [9.17, 15) is 0 Å². The molecule has 0 aliphatic carbocycles. The van der Waals surface area contributed by atoms with Crippen LogP contribution in [-0.2, 0) is 9.47 Å². The van der Waals surface area contributed by atoms with Crippen molar-refractivity contribution < 1.29 is 14.2 Å². The third-order valence-corrected chi connectivity index (χ3v) is 5.47. The molecule has 31 heavy (non-hydrogen) atoms. The summed E-state index contributed by atoms with van der Waals surface area (Å²) in [6, 6.07) is 14.2. The molecule has 0 spiro atoms. The normalized spacial score (nSPS) is 16.6. The first kappa shape index (κ1) is 19.7. The zero-order chi connectivity index (χ0) is 21.0. The smallest absolute Gasteiger partial charge is 0.180 e. The molecule has 1 aliphatic heterocycles. The molecule has 2 aromatic heterocycles. The molecule has 1 saturated heterocycles. The van der Waals surface area contributed by atoms with E-state index < -0.39 is 0 Å². The minimum atomic E-state index is -0.0551. The zero-order valence-electron chi connectivity index (χ0n) is 17.5. The minimum Gasteiger partial charge on any atom is -0.491 e. The molecule has 1 unspecified atom stereocenters. The van der Waals surface area contributed by atoms with Crippen molar-refractivity contribution in [3.63, 3.8) is 0 Å². The van der Waals surface area contributed by atoms with Gasteiger partial charge in [0.1, 0.15) is 24.4 Å². The molecule has 0 radical (unpaired) electrons. The Bertz CT molecular complexity index is 1150. The van der Waals surface area contributed by atoms with Gasteiger partial charge in [0.15, 0.2) is 12.1 Å². The quantitative estimate of drug-likeness (QED) is 0.452. The molecular weight excluding hydrogens is 394 g/mol. The average Bonchev–Trinajstić information content (AvgIpc) is 3.48. The Morgan fingerprint density at radius 2 is 2.10 bits per heavy atom. The number of rotatable bonds is 7. The fraction of sp³-hybridized carbons (Fsp3) is 0.348. The van der Waals surface area contributed by atoms with Gasteiger partial charge in [0, 0.05) is 30.2 Å². The van der Waals surface area contributed by atoms with E-state index in [2.05, 4.69) is 33.4 Å². The summed E-state index contributed by atoms with van der Waals surface area (Å²) < 4.78 is 19.0. The van der Waals surface area contributed by atoms with Gasteiger partial charge in [-0.15, -0.1) is 0 Å². The molecule has 1 aliphatic rings. The van der Waals surface area contributed by atoms with Crippen molar-refractivity contribution in [2.24, 2.45) is 0 Å². The number of ether oxygens (including phenoxy) is 3. The Morgan fingerprint density at radius 1 is 1.13 bits per heavy atom. The molecule has 1 atom stereocenters. The summed E-state index contributed by atoms with van der Waals surface area (Å²) >= 11 is 0. The van der Waals surface area contributed by atoms with Crippen LogP contribution in [0.15, 0.2) is 48.8 Å². The lowest BCUT2D eigenvalue weighted by molar-refractivity contribution is -0.0365. The van der Waals surface area contributed by atoms with Crippen molar-refractivity contribution in [2.75, 3.05) is 26.9 Å². The topological polar surface area (TPSA) is 87.1 Å². The fourth-order valence-corrected chi connectivity index (χ4v) is 3.95. The van der Waals surface area contributed by atoms with Crippen LogP contribution in [-0.4, -0.2) is 51.9 Å². The lowest BCUT2D eigenvalue weighted by Crippen LogP contribution is -2.19. The van der Waals surface area contributed by atoms with E-state index in [-0.39, 0.29) is 6.23 Å². The molecule has 8 heteroatoms. The van der Waals surface area contributed by atoms with Crippen molar-refractivity contribution in [1.82, 2.24) is 25.0 Å². The van der Waals surface area contributed by atoms with Crippen molar-refractivity contribution in [3.05, 3.63) is 48.8 Å². The van der Waals surface area contributed by atoms with Gasteiger partial charge < -0.3 is 14.2 Å². The molecule has 3 heterocycles. The summed E-state index contributed by atoms with van der Waals surface area (Å²) in [4.78, 5) is 4.30. The number of nitrogens with one attached hydrogen (secondary N) is 1. The number of hydrogen-bond acceptors (Lipinski definition) is 6. The third-order valence-electron chi connectivity index (χ3n) is 5.47. The second kappa shape index (κ2) is 8.87. The molecule has 2 aromatic carbocycles. The molecule has 0 bridgehead atoms. The number of aromatic amines is 1. The summed E-state index contributed by atoms with van der Waals surface area (Å²) in [5.41, 5.74) is 3.85. The van der Waals surface area contributed by atoms with Crippen molar-refractivity contribution in [2.45, 2.75) is 25.5 Å². The molecule has 0 saturated carbocycles. The highest BCUT2D eigenvalue weighted by Gasteiger charge is 2.22. The second-order valence-electron chi connectivity index (χ2n) is 7.54. The highest BCUT2D eigenvalue weighted by atomic mass is 16.5. The third kappa shape index (κ3) is 4.04. The number of benzene rings is 2. The summed E-state index contributed by atoms with van der Waals surface area (Å²) in [6.07, 6.45) is 4.72. The standard InChI is InChI=1S/C23H25N5O3/c1-29-11-12-30-18-6-4-5-16(13-18)22-19-14-17(23-24-15-25-26-23)8-9-20(19)28(27-22)21-7-2-3-10-31-21/h4-6,8-9,13-15,21H,2-3,7,10-12H2,1H3,(H,24,25,26). The van der Waals surface area contributed by atoms with Gasteiger partial charge >= 0.3 is 0 Å². The van der Waals surface area contributed by atoms with Gasteiger partial charge in [0.05, 0.1) is 12.1 Å². The number of nitrogens with zero attached hydrogens (tertiary/aromatic N) is 4. The lowest BCUT2D eigenvalue weighted by Gasteiger charge is -2.23. The van der Waals surface area contributed by atoms with Gasteiger partial charge in [-0.3, -0.25) is 5.10 Å². The second-order valence-corrected chi connectivity index (χ2v) is 7.54. The van der Waals surface area contributed by atoms with Gasteiger partial charge in [-0.05, 0) is 49.6 Å². The number of H-pyrrole nitrogens is 1. The van der Waals surface area contributed by atoms with Crippen molar-refractivity contribution in [3.8, 4) is 28.4 Å². The monoisotopic (exact) mass is 419 g/mol. The van der Waals surface area contributed by atoms with Crippen LogP contribution in [0.4, 0.5) is 0 Å². The maximum absolute atomic E-state index is 6.05. The van der Waals surface area contributed by atoms with Crippen molar-refractivity contribution >= 4 is 10.9 Å². The molecule has 1 fully saturated rings. The number of methoxy groups -OCH3 is 1. The molecular formula is C23H25N5O3. The highest BCUT2D eigenvalue weighted by Crippen LogP contribution is 2.35. The molecule has 160 valence electrons. The predicted octanol–water partition coefficient (Wildman–Crippen LogP) is 4.21. The Morgan fingerprint density at radius 3 is 2.90 bits per heavy atom. The summed E-state index contributed by atoms with van der Waals surface area (Å²) in [7, 11) is 1.66. The average molecular weight is 419 g/mol. The van der Waals surface area contributed by atoms with E-state index in [4.69, 9.17) is 19.3 Å². The van der Waals surface area contributed by atoms with E-state index in [1.54, 1.807) is 13.4 Å². The Hall–Kier alpha value is -3.23. The van der Waals surface area contributed by atoms with Crippen LogP contribution in [0, 0.1) is 0 Å². The first-order chi connectivity index (χ1) is 15.3. The molecule has 8 nitrogen and oxygen atoms in total. The first-order valence-electron chi connectivity index (χ1n) is 10.6. The Balaban J connectivity index is 1.60.